The molecule has 16 heavy (non-hydrogen) atoms. The molecule has 86 valence electrons. The molecule has 0 aliphatic carbocycles. The SMILES string of the molecule is CCN1CCSc2ncc(OC)nc2C1=O. The monoisotopic (exact) mass is 239 g/mol. The van der Waals surface area contributed by atoms with Gasteiger partial charge in [-0.15, -0.1) is 11.8 Å². The van der Waals surface area contributed by atoms with Crippen molar-refractivity contribution in [1.82, 2.24) is 14.9 Å². The molecule has 2 rings (SSSR count). The first kappa shape index (κ1) is 11.2. The van der Waals surface area contributed by atoms with Crippen molar-refractivity contribution < 1.29 is 9.53 Å². The molecule has 1 aromatic rings. The van der Waals surface area contributed by atoms with Crippen LogP contribution >= 0.6 is 11.8 Å². The molecular formula is C10H13N3O2S. The fraction of sp³-hybridized carbons (Fsp3) is 0.500. The third kappa shape index (κ3) is 1.97. The van der Waals surface area contributed by atoms with Gasteiger partial charge in [0.05, 0.1) is 13.3 Å². The van der Waals surface area contributed by atoms with E-state index in [1.165, 1.54) is 7.11 Å². The smallest absolute Gasteiger partial charge is 0.275 e. The van der Waals surface area contributed by atoms with Gasteiger partial charge in [-0.2, -0.15) is 0 Å². The second kappa shape index (κ2) is 4.69. The summed E-state index contributed by atoms with van der Waals surface area (Å²) in [6.07, 6.45) is 1.54. The summed E-state index contributed by atoms with van der Waals surface area (Å²) in [5.74, 6) is 1.17. The zero-order chi connectivity index (χ0) is 11.5. The van der Waals surface area contributed by atoms with Crippen LogP contribution in [-0.2, 0) is 0 Å². The number of rotatable bonds is 2. The van der Waals surface area contributed by atoms with Crippen molar-refractivity contribution in [3.05, 3.63) is 11.9 Å². The number of carbonyl (C=O) groups excluding carboxylic acids is 1. The molecule has 2 heterocycles. The zero-order valence-corrected chi connectivity index (χ0v) is 10.1. The molecule has 5 nitrogen and oxygen atoms in total. The molecule has 0 aromatic carbocycles. The van der Waals surface area contributed by atoms with E-state index in [-0.39, 0.29) is 5.91 Å². The summed E-state index contributed by atoms with van der Waals surface area (Å²) in [7, 11) is 1.52. The molecule has 0 saturated carbocycles. The summed E-state index contributed by atoms with van der Waals surface area (Å²) >= 11 is 1.56. The number of amides is 1. The number of ether oxygens (including phenoxy) is 1. The highest BCUT2D eigenvalue weighted by Crippen LogP contribution is 2.25. The molecule has 1 aromatic heterocycles. The number of thioether (sulfide) groups is 1. The number of hydrogen-bond acceptors (Lipinski definition) is 5. The predicted molar refractivity (Wildman–Crippen MR) is 60.9 cm³/mol. The summed E-state index contributed by atoms with van der Waals surface area (Å²) in [5, 5.41) is 0.696. The summed E-state index contributed by atoms with van der Waals surface area (Å²) in [6, 6.07) is 0. The van der Waals surface area contributed by atoms with Crippen LogP contribution in [0.2, 0.25) is 0 Å². The van der Waals surface area contributed by atoms with Crippen molar-refractivity contribution in [3.63, 3.8) is 0 Å². The highest BCUT2D eigenvalue weighted by atomic mass is 32.2. The van der Waals surface area contributed by atoms with Crippen LogP contribution in [0.5, 0.6) is 5.88 Å². The van der Waals surface area contributed by atoms with Crippen molar-refractivity contribution in [2.75, 3.05) is 26.0 Å². The summed E-state index contributed by atoms with van der Waals surface area (Å²) in [5.41, 5.74) is 0.406. The van der Waals surface area contributed by atoms with Crippen molar-refractivity contribution in [3.8, 4) is 5.88 Å². The van der Waals surface area contributed by atoms with Crippen molar-refractivity contribution >= 4 is 17.7 Å². The molecular weight excluding hydrogens is 226 g/mol. The Kier molecular flexibility index (Phi) is 3.28. The molecule has 0 N–H and O–H groups in total. The summed E-state index contributed by atoms with van der Waals surface area (Å²) in [6.45, 7) is 3.39. The Labute approximate surface area is 98.2 Å². The van der Waals surface area contributed by atoms with Crippen molar-refractivity contribution in [2.45, 2.75) is 11.9 Å². The van der Waals surface area contributed by atoms with E-state index in [4.69, 9.17) is 4.74 Å². The molecule has 0 saturated heterocycles. The van der Waals surface area contributed by atoms with Crippen LogP contribution in [0.15, 0.2) is 11.2 Å². The summed E-state index contributed by atoms with van der Waals surface area (Å²) < 4.78 is 4.98. The van der Waals surface area contributed by atoms with Crippen LogP contribution in [-0.4, -0.2) is 46.7 Å². The van der Waals surface area contributed by atoms with Gasteiger partial charge in [-0.3, -0.25) is 4.79 Å². The lowest BCUT2D eigenvalue weighted by molar-refractivity contribution is 0.0765. The van der Waals surface area contributed by atoms with Crippen LogP contribution in [0.25, 0.3) is 0 Å². The third-order valence-corrected chi connectivity index (χ3v) is 3.36. The molecule has 0 radical (unpaired) electrons. The van der Waals surface area contributed by atoms with Gasteiger partial charge in [-0.25, -0.2) is 9.97 Å². The van der Waals surface area contributed by atoms with E-state index in [2.05, 4.69) is 9.97 Å². The minimum atomic E-state index is -0.0612. The number of aromatic nitrogens is 2. The minimum Gasteiger partial charge on any atom is -0.480 e. The number of fused-ring (bicyclic) bond motifs is 1. The van der Waals surface area contributed by atoms with E-state index in [1.807, 2.05) is 6.92 Å². The van der Waals surface area contributed by atoms with Crippen molar-refractivity contribution in [1.29, 1.82) is 0 Å². The lowest BCUT2D eigenvalue weighted by Gasteiger charge is -2.17. The van der Waals surface area contributed by atoms with E-state index in [0.29, 0.717) is 23.1 Å². The Morgan fingerprint density at radius 1 is 1.62 bits per heavy atom. The highest BCUT2D eigenvalue weighted by molar-refractivity contribution is 7.99. The largest absolute Gasteiger partial charge is 0.480 e. The van der Waals surface area contributed by atoms with E-state index in [0.717, 1.165) is 12.3 Å². The lowest BCUT2D eigenvalue weighted by Crippen LogP contribution is -2.32. The van der Waals surface area contributed by atoms with Crippen LogP contribution in [0.4, 0.5) is 0 Å². The van der Waals surface area contributed by atoms with E-state index >= 15 is 0 Å². The van der Waals surface area contributed by atoms with Crippen LogP contribution in [0.3, 0.4) is 0 Å². The van der Waals surface area contributed by atoms with Gasteiger partial charge in [0.2, 0.25) is 5.88 Å². The maximum atomic E-state index is 12.1. The average molecular weight is 239 g/mol. The lowest BCUT2D eigenvalue weighted by atomic mass is 10.3. The van der Waals surface area contributed by atoms with Crippen molar-refractivity contribution in [2.24, 2.45) is 0 Å². The Morgan fingerprint density at radius 2 is 2.44 bits per heavy atom. The normalized spacial score (nSPS) is 15.6. The molecule has 1 aliphatic heterocycles. The molecule has 0 fully saturated rings. The molecule has 1 aliphatic rings. The Bertz CT molecular complexity index is 411. The quantitative estimate of drug-likeness (QED) is 0.772. The van der Waals surface area contributed by atoms with Crippen LogP contribution in [0.1, 0.15) is 17.4 Å². The maximum absolute atomic E-state index is 12.1. The first-order valence-electron chi connectivity index (χ1n) is 5.09. The summed E-state index contributed by atoms with van der Waals surface area (Å²) in [4.78, 5) is 22.2. The van der Waals surface area contributed by atoms with Crippen LogP contribution in [0, 0.1) is 0 Å². The Balaban J connectivity index is 2.42. The molecule has 1 amide bonds. The second-order valence-corrected chi connectivity index (χ2v) is 4.38. The first-order chi connectivity index (χ1) is 7.76. The Morgan fingerprint density at radius 3 is 3.12 bits per heavy atom. The number of hydrogen-bond donors (Lipinski definition) is 0. The van der Waals surface area contributed by atoms with Gasteiger partial charge in [0.25, 0.3) is 5.91 Å². The third-order valence-electron chi connectivity index (χ3n) is 2.40. The number of carbonyl (C=O) groups is 1. The van der Waals surface area contributed by atoms with Gasteiger partial charge in [0.1, 0.15) is 5.03 Å². The number of methoxy groups -OCH3 is 1. The van der Waals surface area contributed by atoms with Gasteiger partial charge in [0, 0.05) is 18.8 Å². The predicted octanol–water partition coefficient (Wildman–Crippen LogP) is 1.05. The van der Waals surface area contributed by atoms with Gasteiger partial charge < -0.3 is 9.64 Å². The molecule has 0 bridgehead atoms. The molecule has 0 atom stereocenters. The van der Waals surface area contributed by atoms with E-state index < -0.39 is 0 Å². The first-order valence-corrected chi connectivity index (χ1v) is 6.08. The molecule has 6 heteroatoms. The van der Waals surface area contributed by atoms with Gasteiger partial charge in [-0.1, -0.05) is 0 Å². The Hall–Kier alpha value is -1.30. The average Bonchev–Trinajstić information content (AvgIpc) is 2.48. The minimum absolute atomic E-state index is 0.0612. The highest BCUT2D eigenvalue weighted by Gasteiger charge is 2.24. The van der Waals surface area contributed by atoms with E-state index in [9.17, 15) is 4.79 Å². The molecule has 0 spiro atoms. The topological polar surface area (TPSA) is 55.3 Å². The standard InChI is InChI=1S/C10H13N3O2S/c1-3-13-4-5-16-9-8(10(13)14)12-7(15-2)6-11-9/h6H,3-5H2,1-2H3. The number of nitrogens with zero attached hydrogens (tertiary/aromatic N) is 3. The fourth-order valence-electron chi connectivity index (χ4n) is 1.51. The van der Waals surface area contributed by atoms with Crippen LogP contribution < -0.4 is 4.74 Å². The maximum Gasteiger partial charge on any atom is 0.275 e. The zero-order valence-electron chi connectivity index (χ0n) is 9.27. The van der Waals surface area contributed by atoms with Gasteiger partial charge in [-0.05, 0) is 6.92 Å². The van der Waals surface area contributed by atoms with Gasteiger partial charge in [0.15, 0.2) is 5.69 Å². The fourth-order valence-corrected chi connectivity index (χ4v) is 2.41. The van der Waals surface area contributed by atoms with Gasteiger partial charge >= 0.3 is 0 Å². The molecule has 0 unspecified atom stereocenters. The second-order valence-electron chi connectivity index (χ2n) is 3.30. The van der Waals surface area contributed by atoms with E-state index in [1.54, 1.807) is 22.9 Å².